The summed E-state index contributed by atoms with van der Waals surface area (Å²) in [4.78, 5) is 11.7. The van der Waals surface area contributed by atoms with Crippen molar-refractivity contribution in [2.75, 3.05) is 13.2 Å². The normalized spacial score (nSPS) is 11.9. The number of nitrogens with zero attached hydrogens (tertiary/aromatic N) is 1. The van der Waals surface area contributed by atoms with Crippen LogP contribution in [0, 0.1) is 0 Å². The highest BCUT2D eigenvalue weighted by Gasteiger charge is 2.09. The molecular weight excluding hydrogens is 380 g/mol. The Morgan fingerprint density at radius 2 is 1.47 bits per heavy atom. The van der Waals surface area contributed by atoms with Gasteiger partial charge in [0, 0.05) is 12.6 Å². The average Bonchev–Trinajstić information content (AvgIpc) is 3.25. The van der Waals surface area contributed by atoms with E-state index in [-0.39, 0.29) is 12.7 Å². The summed E-state index contributed by atoms with van der Waals surface area (Å²) in [5, 5.41) is 6.45. The standard InChI is InChI=1S/C24H44N2O4/c1-3-4-5-6-7-8-9-10-11-12-13-14-15-16-17-19-25-24(27)28-21-22(2)30-23-18-20-29-26-23/h18,20,22H,3-17,19,21H2,1-2H3,(H,25,27)/t22-/m1/s1. The molecule has 1 N–H and O–H groups in total. The van der Waals surface area contributed by atoms with E-state index in [1.165, 1.54) is 89.7 Å². The van der Waals surface area contributed by atoms with Crippen LogP contribution in [0.5, 0.6) is 5.88 Å². The number of aromatic nitrogens is 1. The summed E-state index contributed by atoms with van der Waals surface area (Å²) in [7, 11) is 0. The first kappa shape index (κ1) is 26.3. The molecule has 0 bridgehead atoms. The van der Waals surface area contributed by atoms with Crippen molar-refractivity contribution in [3.63, 3.8) is 0 Å². The second-order valence-electron chi connectivity index (χ2n) is 8.24. The topological polar surface area (TPSA) is 73.6 Å². The van der Waals surface area contributed by atoms with Crippen molar-refractivity contribution in [1.82, 2.24) is 10.5 Å². The molecule has 0 spiro atoms. The second kappa shape index (κ2) is 19.3. The van der Waals surface area contributed by atoms with Crippen LogP contribution in [0.25, 0.3) is 0 Å². The highest BCUT2D eigenvalue weighted by atomic mass is 16.6. The van der Waals surface area contributed by atoms with Gasteiger partial charge in [-0.2, -0.15) is 0 Å². The van der Waals surface area contributed by atoms with Crippen LogP contribution in [-0.4, -0.2) is 30.5 Å². The van der Waals surface area contributed by atoms with Gasteiger partial charge in [0.15, 0.2) is 0 Å². The quantitative estimate of drug-likeness (QED) is 0.227. The zero-order valence-electron chi connectivity index (χ0n) is 19.3. The lowest BCUT2D eigenvalue weighted by Crippen LogP contribution is -2.29. The van der Waals surface area contributed by atoms with Crippen LogP contribution in [0.1, 0.15) is 110 Å². The second-order valence-corrected chi connectivity index (χ2v) is 8.24. The van der Waals surface area contributed by atoms with Crippen LogP contribution >= 0.6 is 0 Å². The number of carbonyl (C=O) groups is 1. The van der Waals surface area contributed by atoms with Crippen LogP contribution < -0.4 is 10.1 Å². The Labute approximate surface area is 183 Å². The molecule has 1 aromatic rings. The van der Waals surface area contributed by atoms with Crippen molar-refractivity contribution < 1.29 is 18.8 Å². The summed E-state index contributed by atoms with van der Waals surface area (Å²) in [5.41, 5.74) is 0. The average molecular weight is 425 g/mol. The van der Waals surface area contributed by atoms with Crippen molar-refractivity contribution >= 4 is 6.09 Å². The van der Waals surface area contributed by atoms with Gasteiger partial charge in [-0.3, -0.25) is 0 Å². The lowest BCUT2D eigenvalue weighted by Gasteiger charge is -2.13. The number of hydrogen-bond acceptors (Lipinski definition) is 5. The van der Waals surface area contributed by atoms with Gasteiger partial charge in [0.2, 0.25) is 0 Å². The maximum Gasteiger partial charge on any atom is 0.407 e. The molecule has 6 heteroatoms. The zero-order valence-corrected chi connectivity index (χ0v) is 19.3. The van der Waals surface area contributed by atoms with Gasteiger partial charge in [-0.25, -0.2) is 4.79 Å². The van der Waals surface area contributed by atoms with Crippen LogP contribution in [0.2, 0.25) is 0 Å². The van der Waals surface area contributed by atoms with Crippen molar-refractivity contribution in [3.05, 3.63) is 12.3 Å². The number of rotatable bonds is 20. The Balaban J connectivity index is 1.77. The molecular formula is C24H44N2O4. The van der Waals surface area contributed by atoms with E-state index in [2.05, 4.69) is 21.9 Å². The SMILES string of the molecule is CCCCCCCCCCCCCCCCCNC(=O)OC[C@@H](C)Oc1ccon1. The minimum Gasteiger partial charge on any atom is -0.469 e. The highest BCUT2D eigenvalue weighted by Crippen LogP contribution is 2.13. The molecule has 0 fully saturated rings. The van der Waals surface area contributed by atoms with Crippen molar-refractivity contribution in [2.45, 2.75) is 116 Å². The first-order valence-electron chi connectivity index (χ1n) is 12.2. The minimum atomic E-state index is -0.393. The predicted molar refractivity (Wildman–Crippen MR) is 121 cm³/mol. The molecule has 1 amide bonds. The van der Waals surface area contributed by atoms with E-state index in [0.29, 0.717) is 12.4 Å². The number of carbonyl (C=O) groups excluding carboxylic acids is 1. The molecule has 0 aliphatic rings. The Morgan fingerprint density at radius 1 is 0.933 bits per heavy atom. The lowest BCUT2D eigenvalue weighted by atomic mass is 10.0. The van der Waals surface area contributed by atoms with E-state index >= 15 is 0 Å². The van der Waals surface area contributed by atoms with Gasteiger partial charge < -0.3 is 19.3 Å². The third-order valence-corrected chi connectivity index (χ3v) is 5.23. The summed E-state index contributed by atoms with van der Waals surface area (Å²) in [6, 6.07) is 1.62. The van der Waals surface area contributed by atoms with Gasteiger partial charge >= 0.3 is 6.09 Å². The van der Waals surface area contributed by atoms with Crippen LogP contribution in [0.4, 0.5) is 4.79 Å². The first-order chi connectivity index (χ1) is 14.7. The number of hydrogen-bond donors (Lipinski definition) is 1. The fourth-order valence-corrected chi connectivity index (χ4v) is 3.43. The van der Waals surface area contributed by atoms with Crippen molar-refractivity contribution in [2.24, 2.45) is 0 Å². The fraction of sp³-hybridized carbons (Fsp3) is 0.833. The molecule has 0 saturated heterocycles. The van der Waals surface area contributed by atoms with Gasteiger partial charge in [-0.1, -0.05) is 96.8 Å². The van der Waals surface area contributed by atoms with E-state index in [1.807, 2.05) is 6.92 Å². The molecule has 0 saturated carbocycles. The molecule has 0 unspecified atom stereocenters. The largest absolute Gasteiger partial charge is 0.469 e. The number of alkyl carbamates (subject to hydrolysis) is 1. The minimum absolute atomic E-state index is 0.178. The molecule has 0 aliphatic carbocycles. The molecule has 0 aromatic carbocycles. The molecule has 1 heterocycles. The monoisotopic (exact) mass is 424 g/mol. The third-order valence-electron chi connectivity index (χ3n) is 5.23. The van der Waals surface area contributed by atoms with Crippen molar-refractivity contribution in [3.8, 4) is 5.88 Å². The molecule has 1 aromatic heterocycles. The zero-order chi connectivity index (χ0) is 21.7. The highest BCUT2D eigenvalue weighted by molar-refractivity contribution is 5.67. The lowest BCUT2D eigenvalue weighted by molar-refractivity contribution is 0.0858. The molecule has 0 radical (unpaired) electrons. The van der Waals surface area contributed by atoms with Gasteiger partial charge in [-0.15, -0.1) is 0 Å². The number of ether oxygens (including phenoxy) is 2. The Hall–Kier alpha value is -1.72. The van der Waals surface area contributed by atoms with E-state index < -0.39 is 6.09 Å². The third kappa shape index (κ3) is 16.1. The summed E-state index contributed by atoms with van der Waals surface area (Å²) in [6.45, 7) is 4.93. The van der Waals surface area contributed by atoms with E-state index in [4.69, 9.17) is 9.47 Å². The molecule has 6 nitrogen and oxygen atoms in total. The van der Waals surface area contributed by atoms with Gasteiger partial charge in [0.1, 0.15) is 19.0 Å². The Kier molecular flexibility index (Phi) is 16.9. The first-order valence-corrected chi connectivity index (χ1v) is 12.2. The van der Waals surface area contributed by atoms with E-state index in [0.717, 1.165) is 12.8 Å². The molecule has 1 rings (SSSR count). The fourth-order valence-electron chi connectivity index (χ4n) is 3.43. The summed E-state index contributed by atoms with van der Waals surface area (Å²) < 4.78 is 15.3. The summed E-state index contributed by atoms with van der Waals surface area (Å²) >= 11 is 0. The van der Waals surface area contributed by atoms with E-state index in [1.54, 1.807) is 6.07 Å². The smallest absolute Gasteiger partial charge is 0.407 e. The predicted octanol–water partition coefficient (Wildman–Crippen LogP) is 7.04. The molecule has 30 heavy (non-hydrogen) atoms. The molecule has 0 aliphatic heterocycles. The molecule has 174 valence electrons. The van der Waals surface area contributed by atoms with Crippen molar-refractivity contribution in [1.29, 1.82) is 0 Å². The Bertz CT molecular complexity index is 493. The maximum atomic E-state index is 11.7. The summed E-state index contributed by atoms with van der Waals surface area (Å²) in [5.74, 6) is 0.393. The van der Waals surface area contributed by atoms with Gasteiger partial charge in [0.25, 0.3) is 5.88 Å². The number of nitrogens with one attached hydrogen (secondary N) is 1. The number of unbranched alkanes of at least 4 members (excludes halogenated alkanes) is 14. The van der Waals surface area contributed by atoms with Crippen LogP contribution in [-0.2, 0) is 4.74 Å². The van der Waals surface area contributed by atoms with Crippen LogP contribution in [0.15, 0.2) is 16.9 Å². The number of amides is 1. The molecule has 1 atom stereocenters. The Morgan fingerprint density at radius 3 is 1.97 bits per heavy atom. The van der Waals surface area contributed by atoms with Crippen LogP contribution in [0.3, 0.4) is 0 Å². The van der Waals surface area contributed by atoms with E-state index in [9.17, 15) is 4.79 Å². The van der Waals surface area contributed by atoms with Gasteiger partial charge in [0.05, 0.1) is 0 Å². The summed E-state index contributed by atoms with van der Waals surface area (Å²) in [6.07, 6.45) is 20.8. The maximum absolute atomic E-state index is 11.7. The van der Waals surface area contributed by atoms with Gasteiger partial charge in [-0.05, 0) is 18.5 Å².